The van der Waals surface area contributed by atoms with Crippen LogP contribution >= 0.6 is 0 Å². The highest BCUT2D eigenvalue weighted by Gasteiger charge is 2.27. The molecule has 0 fully saturated rings. The summed E-state index contributed by atoms with van der Waals surface area (Å²) in [6.07, 6.45) is 0. The second-order valence-electron chi connectivity index (χ2n) is 6.76. The molecule has 3 aromatic rings. The van der Waals surface area contributed by atoms with Crippen LogP contribution in [0.4, 0.5) is 20.2 Å². The number of nitrogens with one attached hydrogen (secondary N) is 1. The molecule has 0 heterocycles. The lowest BCUT2D eigenvalue weighted by atomic mass is 10.1. The maximum atomic E-state index is 13.4. The van der Waals surface area contributed by atoms with Crippen LogP contribution in [0.15, 0.2) is 71.6 Å². The molecule has 156 valence electrons. The number of benzene rings is 3. The fourth-order valence-electron chi connectivity index (χ4n) is 2.98. The fourth-order valence-corrected chi connectivity index (χ4v) is 4.40. The Morgan fingerprint density at radius 3 is 1.90 bits per heavy atom. The predicted octanol–water partition coefficient (Wildman–Crippen LogP) is 4.42. The molecule has 0 radical (unpaired) electrons. The van der Waals surface area contributed by atoms with E-state index in [2.05, 4.69) is 5.32 Å². The lowest BCUT2D eigenvalue weighted by Gasteiger charge is -2.24. The minimum atomic E-state index is -4.21. The van der Waals surface area contributed by atoms with E-state index in [4.69, 9.17) is 0 Å². The number of aryl methyl sites for hydroxylation is 2. The van der Waals surface area contributed by atoms with Gasteiger partial charge < -0.3 is 5.32 Å². The Hall–Kier alpha value is -3.26. The summed E-state index contributed by atoms with van der Waals surface area (Å²) in [5.41, 5.74) is 2.37. The average molecular weight is 430 g/mol. The fraction of sp³-hybridized carbons (Fsp3) is 0.136. The van der Waals surface area contributed by atoms with Gasteiger partial charge in [-0.05, 0) is 73.5 Å². The third kappa shape index (κ3) is 4.65. The maximum absolute atomic E-state index is 13.4. The SMILES string of the molecule is Cc1cccc(C)c1NC(=O)CN(c1ccc(F)cc1)S(=O)(=O)c1ccc(F)cc1. The smallest absolute Gasteiger partial charge is 0.264 e. The number of sulfonamides is 1. The molecule has 30 heavy (non-hydrogen) atoms. The number of para-hydroxylation sites is 1. The predicted molar refractivity (Wildman–Crippen MR) is 112 cm³/mol. The van der Waals surface area contributed by atoms with Crippen molar-refractivity contribution >= 4 is 27.3 Å². The topological polar surface area (TPSA) is 66.5 Å². The number of rotatable bonds is 6. The molecule has 0 aliphatic carbocycles. The third-order valence-corrected chi connectivity index (χ3v) is 6.34. The van der Waals surface area contributed by atoms with Crippen molar-refractivity contribution in [3.05, 3.63) is 89.5 Å². The van der Waals surface area contributed by atoms with Crippen molar-refractivity contribution in [2.75, 3.05) is 16.2 Å². The minimum absolute atomic E-state index is 0.109. The van der Waals surface area contributed by atoms with Gasteiger partial charge in [-0.2, -0.15) is 0 Å². The van der Waals surface area contributed by atoms with Crippen molar-refractivity contribution in [1.29, 1.82) is 0 Å². The van der Waals surface area contributed by atoms with Crippen LogP contribution in [-0.4, -0.2) is 20.9 Å². The quantitative estimate of drug-likeness (QED) is 0.630. The Kier molecular flexibility index (Phi) is 6.17. The van der Waals surface area contributed by atoms with Crippen LogP contribution in [0.25, 0.3) is 0 Å². The van der Waals surface area contributed by atoms with Crippen LogP contribution in [0.1, 0.15) is 11.1 Å². The van der Waals surface area contributed by atoms with Crippen molar-refractivity contribution in [3.63, 3.8) is 0 Å². The van der Waals surface area contributed by atoms with E-state index in [1.54, 1.807) is 0 Å². The Balaban J connectivity index is 1.96. The van der Waals surface area contributed by atoms with E-state index in [0.29, 0.717) is 5.69 Å². The van der Waals surface area contributed by atoms with E-state index in [9.17, 15) is 22.0 Å². The van der Waals surface area contributed by atoms with Crippen molar-refractivity contribution in [2.24, 2.45) is 0 Å². The van der Waals surface area contributed by atoms with Crippen LogP contribution in [-0.2, 0) is 14.8 Å². The molecule has 3 aromatic carbocycles. The van der Waals surface area contributed by atoms with Gasteiger partial charge in [-0.1, -0.05) is 18.2 Å². The van der Waals surface area contributed by atoms with Crippen molar-refractivity contribution < 1.29 is 22.0 Å². The highest BCUT2D eigenvalue weighted by atomic mass is 32.2. The number of hydrogen-bond acceptors (Lipinski definition) is 3. The van der Waals surface area contributed by atoms with E-state index in [0.717, 1.165) is 51.8 Å². The van der Waals surface area contributed by atoms with Gasteiger partial charge in [0.1, 0.15) is 18.2 Å². The molecule has 0 aliphatic heterocycles. The number of halogens is 2. The van der Waals surface area contributed by atoms with Crippen LogP contribution in [0, 0.1) is 25.5 Å². The molecule has 5 nitrogen and oxygen atoms in total. The van der Waals surface area contributed by atoms with Crippen molar-refractivity contribution in [1.82, 2.24) is 0 Å². The minimum Gasteiger partial charge on any atom is -0.324 e. The first kappa shape index (κ1) is 21.4. The Morgan fingerprint density at radius 1 is 0.867 bits per heavy atom. The molecule has 0 aromatic heterocycles. The Bertz CT molecular complexity index is 1140. The van der Waals surface area contributed by atoms with E-state index in [1.807, 2.05) is 32.0 Å². The number of anilines is 2. The zero-order valence-corrected chi connectivity index (χ0v) is 17.2. The standard InChI is InChI=1S/C22H20F2N2O3S/c1-15-4-3-5-16(2)22(15)25-21(27)14-26(19-10-6-17(23)7-11-19)30(28,29)20-12-8-18(24)9-13-20/h3-13H,14H2,1-2H3,(H,25,27). The second-order valence-corrected chi connectivity index (χ2v) is 8.62. The molecule has 0 saturated heterocycles. The van der Waals surface area contributed by atoms with Crippen molar-refractivity contribution in [3.8, 4) is 0 Å². The van der Waals surface area contributed by atoms with Gasteiger partial charge in [-0.15, -0.1) is 0 Å². The number of hydrogen-bond donors (Lipinski definition) is 1. The Morgan fingerprint density at radius 2 is 1.37 bits per heavy atom. The zero-order valence-electron chi connectivity index (χ0n) is 16.4. The van der Waals surface area contributed by atoms with E-state index in [-0.39, 0.29) is 10.6 Å². The molecule has 3 rings (SSSR count). The molecule has 8 heteroatoms. The number of carbonyl (C=O) groups excluding carboxylic acids is 1. The molecule has 0 spiro atoms. The van der Waals surface area contributed by atoms with Gasteiger partial charge in [0.2, 0.25) is 5.91 Å². The first-order valence-electron chi connectivity index (χ1n) is 9.08. The van der Waals surface area contributed by atoms with Gasteiger partial charge in [0.25, 0.3) is 10.0 Å². The second kappa shape index (κ2) is 8.62. The zero-order chi connectivity index (χ0) is 21.9. The average Bonchev–Trinajstić information content (AvgIpc) is 2.70. The number of nitrogens with zero attached hydrogens (tertiary/aromatic N) is 1. The molecule has 0 atom stereocenters. The lowest BCUT2D eigenvalue weighted by molar-refractivity contribution is -0.114. The molecular weight excluding hydrogens is 410 g/mol. The summed E-state index contributed by atoms with van der Waals surface area (Å²) >= 11 is 0. The van der Waals surface area contributed by atoms with Gasteiger partial charge in [0, 0.05) is 5.69 Å². The number of amides is 1. The molecule has 1 amide bonds. The van der Waals surface area contributed by atoms with E-state index >= 15 is 0 Å². The molecule has 0 aliphatic rings. The summed E-state index contributed by atoms with van der Waals surface area (Å²) in [4.78, 5) is 12.6. The lowest BCUT2D eigenvalue weighted by Crippen LogP contribution is -2.38. The Labute approximate surface area is 174 Å². The van der Waals surface area contributed by atoms with Crippen LogP contribution in [0.3, 0.4) is 0 Å². The van der Waals surface area contributed by atoms with Gasteiger partial charge >= 0.3 is 0 Å². The molecule has 0 bridgehead atoms. The van der Waals surface area contributed by atoms with E-state index in [1.165, 1.54) is 12.1 Å². The largest absolute Gasteiger partial charge is 0.324 e. The number of carbonyl (C=O) groups is 1. The normalized spacial score (nSPS) is 11.2. The van der Waals surface area contributed by atoms with Crippen LogP contribution in [0.2, 0.25) is 0 Å². The van der Waals surface area contributed by atoms with E-state index < -0.39 is 34.1 Å². The maximum Gasteiger partial charge on any atom is 0.264 e. The van der Waals surface area contributed by atoms with Gasteiger partial charge in [-0.3, -0.25) is 9.10 Å². The molecule has 0 unspecified atom stereocenters. The third-order valence-electron chi connectivity index (χ3n) is 4.55. The summed E-state index contributed by atoms with van der Waals surface area (Å²) in [7, 11) is -4.21. The monoisotopic (exact) mass is 430 g/mol. The van der Waals surface area contributed by atoms with Crippen molar-refractivity contribution in [2.45, 2.75) is 18.7 Å². The molecule has 1 N–H and O–H groups in total. The highest BCUT2D eigenvalue weighted by molar-refractivity contribution is 7.92. The van der Waals surface area contributed by atoms with Gasteiger partial charge in [0.05, 0.1) is 10.6 Å². The summed E-state index contributed by atoms with van der Waals surface area (Å²) in [5.74, 6) is -1.70. The van der Waals surface area contributed by atoms with Gasteiger partial charge in [-0.25, -0.2) is 17.2 Å². The summed E-state index contributed by atoms with van der Waals surface area (Å²) < 4.78 is 53.8. The highest BCUT2D eigenvalue weighted by Crippen LogP contribution is 2.25. The summed E-state index contributed by atoms with van der Waals surface area (Å²) in [6, 6.07) is 14.5. The summed E-state index contributed by atoms with van der Waals surface area (Å²) in [5, 5.41) is 2.74. The molecular formula is C22H20F2N2O3S. The van der Waals surface area contributed by atoms with Gasteiger partial charge in [0.15, 0.2) is 0 Å². The van der Waals surface area contributed by atoms with Crippen LogP contribution < -0.4 is 9.62 Å². The molecule has 0 saturated carbocycles. The summed E-state index contributed by atoms with van der Waals surface area (Å²) in [6.45, 7) is 3.12. The van der Waals surface area contributed by atoms with Crippen LogP contribution in [0.5, 0.6) is 0 Å². The first-order valence-corrected chi connectivity index (χ1v) is 10.5. The first-order chi connectivity index (χ1) is 14.2.